The largest absolute Gasteiger partial charge is 0.377 e. The van der Waals surface area contributed by atoms with Crippen molar-refractivity contribution in [3.05, 3.63) is 23.3 Å². The topological polar surface area (TPSA) is 20.3 Å². The molecule has 0 aliphatic heterocycles. The quantitative estimate of drug-likeness (QED) is 0.756. The zero-order valence-corrected chi connectivity index (χ0v) is 12.5. The van der Waals surface area contributed by atoms with Crippen molar-refractivity contribution in [1.29, 1.82) is 0 Å². The van der Waals surface area contributed by atoms with E-state index in [9.17, 15) is 4.57 Å². The second-order valence-electron chi connectivity index (χ2n) is 5.27. The van der Waals surface area contributed by atoms with Crippen molar-refractivity contribution in [2.24, 2.45) is 0 Å². The Balaban J connectivity index is 3.55. The van der Waals surface area contributed by atoms with Crippen LogP contribution in [0.15, 0.2) is 12.1 Å². The molecule has 1 rings (SSSR count). The molecule has 0 aromatic heterocycles. The van der Waals surface area contributed by atoms with E-state index in [-0.39, 0.29) is 8.46 Å². The fourth-order valence-corrected chi connectivity index (χ4v) is 2.50. The van der Waals surface area contributed by atoms with Crippen LogP contribution in [0.3, 0.4) is 0 Å². The van der Waals surface area contributed by atoms with Crippen molar-refractivity contribution in [2.75, 3.05) is 19.0 Å². The number of nitrogens with zero attached hydrogens (tertiary/aromatic N) is 1. The summed E-state index contributed by atoms with van der Waals surface area (Å²) in [6.07, 6.45) is 0. The number of rotatable bonds is 4. The maximum absolute atomic E-state index is 11.1. The van der Waals surface area contributed by atoms with Gasteiger partial charge in [-0.2, -0.15) is 0 Å². The number of anilines is 1. The number of benzene rings is 1. The monoisotopic (exact) mass is 251 g/mol. The highest BCUT2D eigenvalue weighted by Crippen LogP contribution is 2.34. The molecule has 0 aliphatic carbocycles. The highest BCUT2D eigenvalue weighted by molar-refractivity contribution is 7.34. The van der Waals surface area contributed by atoms with Crippen LogP contribution in [0.5, 0.6) is 0 Å². The Labute approximate surface area is 106 Å². The Kier molecular flexibility index (Phi) is 4.70. The van der Waals surface area contributed by atoms with Gasteiger partial charge in [0.15, 0.2) is 8.46 Å². The summed E-state index contributed by atoms with van der Waals surface area (Å²) in [4.78, 5) is 2.16. The van der Waals surface area contributed by atoms with Crippen LogP contribution >= 0.6 is 8.46 Å². The van der Waals surface area contributed by atoms with E-state index in [4.69, 9.17) is 0 Å². The van der Waals surface area contributed by atoms with Crippen LogP contribution in [0, 0.1) is 0 Å². The molecule has 0 bridgehead atoms. The summed E-state index contributed by atoms with van der Waals surface area (Å²) in [7, 11) is 4.25. The van der Waals surface area contributed by atoms with Gasteiger partial charge in [0.05, 0.1) is 0 Å². The van der Waals surface area contributed by atoms with Crippen LogP contribution in [0.25, 0.3) is 0 Å². The van der Waals surface area contributed by atoms with Gasteiger partial charge in [0, 0.05) is 25.1 Å². The van der Waals surface area contributed by atoms with Gasteiger partial charge < -0.3 is 4.90 Å². The van der Waals surface area contributed by atoms with E-state index in [1.807, 2.05) is 0 Å². The van der Waals surface area contributed by atoms with Crippen LogP contribution in [0.4, 0.5) is 5.69 Å². The highest BCUT2D eigenvalue weighted by Gasteiger charge is 2.17. The summed E-state index contributed by atoms with van der Waals surface area (Å²) in [5.41, 5.74) is 3.83. The van der Waals surface area contributed by atoms with E-state index in [1.165, 1.54) is 16.8 Å². The molecule has 1 aromatic rings. The zero-order valence-electron chi connectivity index (χ0n) is 11.6. The molecule has 0 radical (unpaired) electrons. The first-order valence-corrected chi connectivity index (χ1v) is 6.88. The smallest absolute Gasteiger partial charge is 0.192 e. The van der Waals surface area contributed by atoms with Gasteiger partial charge in [-0.05, 0) is 35.1 Å². The zero-order chi connectivity index (χ0) is 13.2. The molecule has 0 amide bonds. The molecule has 0 saturated heterocycles. The second kappa shape index (κ2) is 5.64. The molecule has 0 atom stereocenters. The van der Waals surface area contributed by atoms with Crippen molar-refractivity contribution in [3.8, 4) is 0 Å². The SMILES string of the molecule is CC(C)c1cc(P=O)cc(C(C)C)c1N(C)C. The van der Waals surface area contributed by atoms with Crippen LogP contribution in [0.2, 0.25) is 0 Å². The predicted molar refractivity (Wildman–Crippen MR) is 76.2 cm³/mol. The van der Waals surface area contributed by atoms with Gasteiger partial charge in [0.25, 0.3) is 0 Å². The maximum Gasteiger partial charge on any atom is 0.192 e. The molecule has 94 valence electrons. The van der Waals surface area contributed by atoms with Crippen molar-refractivity contribution in [1.82, 2.24) is 0 Å². The lowest BCUT2D eigenvalue weighted by atomic mass is 9.92. The van der Waals surface area contributed by atoms with E-state index >= 15 is 0 Å². The highest BCUT2D eigenvalue weighted by atomic mass is 31.1. The second-order valence-corrected chi connectivity index (χ2v) is 5.97. The van der Waals surface area contributed by atoms with Crippen LogP contribution in [-0.4, -0.2) is 14.1 Å². The minimum Gasteiger partial charge on any atom is -0.377 e. The fraction of sp³-hybridized carbons (Fsp3) is 0.571. The summed E-state index contributed by atoms with van der Waals surface area (Å²) in [5, 5.41) is 0.878. The average molecular weight is 251 g/mol. The van der Waals surface area contributed by atoms with Crippen molar-refractivity contribution >= 4 is 19.5 Å². The van der Waals surface area contributed by atoms with Crippen LogP contribution in [0.1, 0.15) is 50.7 Å². The molecule has 1 aromatic carbocycles. The van der Waals surface area contributed by atoms with Crippen LogP contribution < -0.4 is 10.2 Å². The Morgan fingerprint density at radius 1 is 1.00 bits per heavy atom. The molecular weight excluding hydrogens is 229 g/mol. The van der Waals surface area contributed by atoms with Crippen LogP contribution in [-0.2, 0) is 4.57 Å². The average Bonchev–Trinajstić information content (AvgIpc) is 2.26. The molecule has 0 fully saturated rings. The third kappa shape index (κ3) is 3.07. The standard InChI is InChI=1S/C14H22NOP/c1-9(2)12-7-11(17-16)8-13(10(3)4)14(12)15(5)6/h7-10H,1-6H3. The summed E-state index contributed by atoms with van der Waals surface area (Å²) in [5.74, 6) is 0.873. The van der Waals surface area contributed by atoms with E-state index < -0.39 is 0 Å². The van der Waals surface area contributed by atoms with Crippen molar-refractivity contribution in [2.45, 2.75) is 39.5 Å². The van der Waals surface area contributed by atoms with E-state index in [2.05, 4.69) is 58.8 Å². The third-order valence-corrected chi connectivity index (χ3v) is 3.42. The fourth-order valence-electron chi connectivity index (χ4n) is 2.11. The lowest BCUT2D eigenvalue weighted by Gasteiger charge is -2.25. The van der Waals surface area contributed by atoms with Gasteiger partial charge in [-0.3, -0.25) is 4.57 Å². The first-order valence-electron chi connectivity index (χ1n) is 6.07. The van der Waals surface area contributed by atoms with E-state index in [0.717, 1.165) is 5.30 Å². The first-order chi connectivity index (χ1) is 7.88. The summed E-state index contributed by atoms with van der Waals surface area (Å²) in [6, 6.07) is 4.11. The molecule has 0 unspecified atom stereocenters. The van der Waals surface area contributed by atoms with Crippen molar-refractivity contribution < 1.29 is 4.57 Å². The number of hydrogen-bond donors (Lipinski definition) is 0. The molecule has 0 saturated carbocycles. The Bertz CT molecular complexity index is 382. The minimum absolute atomic E-state index is 0.107. The summed E-state index contributed by atoms with van der Waals surface area (Å²) in [6.45, 7) is 8.71. The Morgan fingerprint density at radius 3 is 1.65 bits per heavy atom. The van der Waals surface area contributed by atoms with E-state index in [1.54, 1.807) is 0 Å². The maximum atomic E-state index is 11.1. The minimum atomic E-state index is 0.107. The predicted octanol–water partition coefficient (Wildman–Crippen LogP) is 3.92. The molecular formula is C14H22NOP. The van der Waals surface area contributed by atoms with Gasteiger partial charge >= 0.3 is 0 Å². The molecule has 0 spiro atoms. The first kappa shape index (κ1) is 14.2. The Hall–Kier alpha value is -0.880. The van der Waals surface area contributed by atoms with Gasteiger partial charge in [0.1, 0.15) is 0 Å². The summed E-state index contributed by atoms with van der Waals surface area (Å²) >= 11 is 0. The normalized spacial score (nSPS) is 11.5. The Morgan fingerprint density at radius 2 is 1.41 bits per heavy atom. The lowest BCUT2D eigenvalue weighted by Crippen LogP contribution is -2.17. The number of hydrogen-bond acceptors (Lipinski definition) is 2. The third-order valence-electron chi connectivity index (χ3n) is 2.95. The molecule has 3 heteroatoms. The van der Waals surface area contributed by atoms with Gasteiger partial charge in [0.2, 0.25) is 0 Å². The molecule has 0 N–H and O–H groups in total. The van der Waals surface area contributed by atoms with Gasteiger partial charge in [-0.25, -0.2) is 0 Å². The lowest BCUT2D eigenvalue weighted by molar-refractivity contribution is 0.603. The molecule has 0 aliphatic rings. The molecule has 0 heterocycles. The van der Waals surface area contributed by atoms with Gasteiger partial charge in [-0.1, -0.05) is 27.7 Å². The molecule has 2 nitrogen and oxygen atoms in total. The van der Waals surface area contributed by atoms with Gasteiger partial charge in [-0.15, -0.1) is 0 Å². The van der Waals surface area contributed by atoms with Crippen molar-refractivity contribution in [3.63, 3.8) is 0 Å². The van der Waals surface area contributed by atoms with E-state index in [0.29, 0.717) is 11.8 Å². The molecule has 17 heavy (non-hydrogen) atoms. The summed E-state index contributed by atoms with van der Waals surface area (Å²) < 4.78 is 11.1.